The second kappa shape index (κ2) is 5.81. The molecular formula is C11H17N3O2S2. The van der Waals surface area contributed by atoms with Crippen LogP contribution >= 0.6 is 11.3 Å². The SMILES string of the molecule is COc1nc2sccn2c1CNC(C)CS(C)=O. The van der Waals surface area contributed by atoms with Crippen LogP contribution in [0.25, 0.3) is 4.96 Å². The van der Waals surface area contributed by atoms with Gasteiger partial charge in [0.25, 0.3) is 0 Å². The molecule has 100 valence electrons. The lowest BCUT2D eigenvalue weighted by Crippen LogP contribution is -2.30. The van der Waals surface area contributed by atoms with Crippen molar-refractivity contribution in [2.24, 2.45) is 0 Å². The van der Waals surface area contributed by atoms with Crippen LogP contribution in [0.1, 0.15) is 12.6 Å². The summed E-state index contributed by atoms with van der Waals surface area (Å²) in [6.07, 6.45) is 3.70. The van der Waals surface area contributed by atoms with E-state index in [1.807, 2.05) is 22.9 Å². The lowest BCUT2D eigenvalue weighted by molar-refractivity contribution is 0.391. The van der Waals surface area contributed by atoms with E-state index >= 15 is 0 Å². The fourth-order valence-electron chi connectivity index (χ4n) is 1.82. The Morgan fingerprint density at radius 3 is 3.11 bits per heavy atom. The molecule has 0 aromatic carbocycles. The first-order valence-electron chi connectivity index (χ1n) is 5.63. The van der Waals surface area contributed by atoms with Crippen LogP contribution in [0.4, 0.5) is 0 Å². The summed E-state index contributed by atoms with van der Waals surface area (Å²) in [6.45, 7) is 2.68. The molecule has 7 heteroatoms. The monoisotopic (exact) mass is 287 g/mol. The van der Waals surface area contributed by atoms with Crippen molar-refractivity contribution >= 4 is 27.1 Å². The molecule has 0 saturated carbocycles. The predicted molar refractivity (Wildman–Crippen MR) is 74.9 cm³/mol. The zero-order chi connectivity index (χ0) is 13.1. The van der Waals surface area contributed by atoms with Crippen LogP contribution < -0.4 is 10.1 Å². The normalized spacial score (nSPS) is 14.8. The van der Waals surface area contributed by atoms with Crippen molar-refractivity contribution in [1.82, 2.24) is 14.7 Å². The third-order valence-electron chi connectivity index (χ3n) is 2.62. The van der Waals surface area contributed by atoms with E-state index in [1.54, 1.807) is 24.7 Å². The van der Waals surface area contributed by atoms with Gasteiger partial charge in [-0.15, -0.1) is 11.3 Å². The van der Waals surface area contributed by atoms with E-state index in [9.17, 15) is 4.21 Å². The Morgan fingerprint density at radius 2 is 2.44 bits per heavy atom. The van der Waals surface area contributed by atoms with Crippen molar-refractivity contribution in [2.75, 3.05) is 19.1 Å². The molecule has 0 saturated heterocycles. The molecule has 2 unspecified atom stereocenters. The number of rotatable bonds is 6. The first-order chi connectivity index (χ1) is 8.61. The molecule has 2 aromatic rings. The van der Waals surface area contributed by atoms with Crippen LogP contribution in [0.15, 0.2) is 11.6 Å². The average Bonchev–Trinajstić information content (AvgIpc) is 2.85. The molecule has 0 radical (unpaired) electrons. The Labute approximate surface area is 113 Å². The van der Waals surface area contributed by atoms with Crippen molar-refractivity contribution in [3.05, 3.63) is 17.3 Å². The number of nitrogens with zero attached hydrogens (tertiary/aromatic N) is 2. The Kier molecular flexibility index (Phi) is 4.36. The molecule has 2 atom stereocenters. The summed E-state index contributed by atoms with van der Waals surface area (Å²) in [5, 5.41) is 5.34. The summed E-state index contributed by atoms with van der Waals surface area (Å²) in [6, 6.07) is 0.199. The molecule has 2 aromatic heterocycles. The van der Waals surface area contributed by atoms with Gasteiger partial charge in [0.2, 0.25) is 5.88 Å². The van der Waals surface area contributed by atoms with Crippen LogP contribution in [0.5, 0.6) is 5.88 Å². The largest absolute Gasteiger partial charge is 0.480 e. The Morgan fingerprint density at radius 1 is 1.67 bits per heavy atom. The second-order valence-electron chi connectivity index (χ2n) is 4.15. The number of methoxy groups -OCH3 is 1. The first kappa shape index (κ1) is 13.5. The van der Waals surface area contributed by atoms with Crippen LogP contribution in [-0.4, -0.2) is 38.8 Å². The van der Waals surface area contributed by atoms with Gasteiger partial charge in [-0.05, 0) is 6.92 Å². The minimum Gasteiger partial charge on any atom is -0.480 e. The molecule has 18 heavy (non-hydrogen) atoms. The highest BCUT2D eigenvalue weighted by Gasteiger charge is 2.14. The van der Waals surface area contributed by atoms with Crippen molar-refractivity contribution in [1.29, 1.82) is 0 Å². The average molecular weight is 287 g/mol. The van der Waals surface area contributed by atoms with Crippen molar-refractivity contribution < 1.29 is 8.95 Å². The van der Waals surface area contributed by atoms with Gasteiger partial charge < -0.3 is 10.1 Å². The highest BCUT2D eigenvalue weighted by molar-refractivity contribution is 7.84. The molecule has 0 aliphatic rings. The van der Waals surface area contributed by atoms with Crippen LogP contribution in [-0.2, 0) is 17.3 Å². The van der Waals surface area contributed by atoms with E-state index in [0.717, 1.165) is 10.7 Å². The molecule has 0 amide bonds. The van der Waals surface area contributed by atoms with E-state index in [0.29, 0.717) is 18.2 Å². The van der Waals surface area contributed by atoms with Crippen LogP contribution in [0, 0.1) is 0 Å². The Balaban J connectivity index is 2.10. The van der Waals surface area contributed by atoms with Gasteiger partial charge >= 0.3 is 0 Å². The summed E-state index contributed by atoms with van der Waals surface area (Å²) in [5.74, 6) is 1.30. The van der Waals surface area contributed by atoms with E-state index in [1.165, 1.54) is 0 Å². The number of hydrogen-bond donors (Lipinski definition) is 1. The predicted octanol–water partition coefficient (Wildman–Crippen LogP) is 1.26. The molecule has 0 aliphatic heterocycles. The van der Waals surface area contributed by atoms with E-state index in [4.69, 9.17) is 4.74 Å². The maximum absolute atomic E-state index is 11.1. The summed E-state index contributed by atoms with van der Waals surface area (Å²) >= 11 is 1.58. The number of ether oxygens (including phenoxy) is 1. The number of aromatic nitrogens is 2. The van der Waals surface area contributed by atoms with E-state index in [-0.39, 0.29) is 6.04 Å². The molecule has 5 nitrogen and oxygen atoms in total. The lowest BCUT2D eigenvalue weighted by Gasteiger charge is -2.12. The molecule has 0 spiro atoms. The van der Waals surface area contributed by atoms with Gasteiger partial charge in [0.15, 0.2) is 4.96 Å². The van der Waals surface area contributed by atoms with Gasteiger partial charge in [0.05, 0.1) is 7.11 Å². The van der Waals surface area contributed by atoms with Gasteiger partial charge in [-0.2, -0.15) is 4.98 Å². The zero-order valence-electron chi connectivity index (χ0n) is 10.7. The lowest BCUT2D eigenvalue weighted by atomic mass is 10.3. The van der Waals surface area contributed by atoms with Gasteiger partial charge in [0, 0.05) is 47.0 Å². The molecule has 0 fully saturated rings. The molecule has 1 N–H and O–H groups in total. The maximum Gasteiger partial charge on any atom is 0.237 e. The van der Waals surface area contributed by atoms with Crippen LogP contribution in [0.2, 0.25) is 0 Å². The van der Waals surface area contributed by atoms with E-state index in [2.05, 4.69) is 10.3 Å². The highest BCUT2D eigenvalue weighted by atomic mass is 32.2. The molecule has 2 heterocycles. The first-order valence-corrected chi connectivity index (χ1v) is 8.24. The third kappa shape index (κ3) is 2.90. The Hall–Kier alpha value is -0.920. The fourth-order valence-corrected chi connectivity index (χ4v) is 3.37. The minimum absolute atomic E-state index is 0.199. The molecule has 2 rings (SSSR count). The smallest absolute Gasteiger partial charge is 0.237 e. The quantitative estimate of drug-likeness (QED) is 0.869. The van der Waals surface area contributed by atoms with Crippen molar-refractivity contribution in [3.8, 4) is 5.88 Å². The Bertz CT molecular complexity index is 549. The highest BCUT2D eigenvalue weighted by Crippen LogP contribution is 2.22. The van der Waals surface area contributed by atoms with E-state index < -0.39 is 10.8 Å². The van der Waals surface area contributed by atoms with Gasteiger partial charge in [0.1, 0.15) is 5.69 Å². The summed E-state index contributed by atoms with van der Waals surface area (Å²) in [5.41, 5.74) is 1.00. The fraction of sp³-hybridized carbons (Fsp3) is 0.545. The topological polar surface area (TPSA) is 55.6 Å². The standard InChI is InChI=1S/C11H17N3O2S2/c1-8(7-18(3)15)12-6-9-10(16-2)13-11-14(9)4-5-17-11/h4-5,8,12H,6-7H2,1-3H3. The minimum atomic E-state index is -0.785. The van der Waals surface area contributed by atoms with Crippen molar-refractivity contribution in [2.45, 2.75) is 19.5 Å². The maximum atomic E-state index is 11.1. The van der Waals surface area contributed by atoms with Gasteiger partial charge in [-0.3, -0.25) is 8.61 Å². The molecule has 0 aliphatic carbocycles. The molecule has 0 bridgehead atoms. The van der Waals surface area contributed by atoms with Crippen LogP contribution in [0.3, 0.4) is 0 Å². The summed E-state index contributed by atoms with van der Waals surface area (Å²) < 4.78 is 18.4. The summed E-state index contributed by atoms with van der Waals surface area (Å²) in [7, 11) is 0.841. The zero-order valence-corrected chi connectivity index (χ0v) is 12.3. The summed E-state index contributed by atoms with van der Waals surface area (Å²) in [4.78, 5) is 5.32. The number of thiazole rings is 1. The van der Waals surface area contributed by atoms with Gasteiger partial charge in [-0.25, -0.2) is 0 Å². The van der Waals surface area contributed by atoms with Crippen molar-refractivity contribution in [3.63, 3.8) is 0 Å². The number of hydrogen-bond acceptors (Lipinski definition) is 5. The number of fused-ring (bicyclic) bond motifs is 1. The third-order valence-corrected chi connectivity index (χ3v) is 4.35. The van der Waals surface area contributed by atoms with Gasteiger partial charge in [-0.1, -0.05) is 0 Å². The number of imidazole rings is 1. The second-order valence-corrected chi connectivity index (χ2v) is 6.50. The number of nitrogens with one attached hydrogen (secondary N) is 1. The molecular weight excluding hydrogens is 270 g/mol.